The monoisotopic (exact) mass is 252 g/mol. The van der Waals surface area contributed by atoms with E-state index in [1.54, 1.807) is 0 Å². The van der Waals surface area contributed by atoms with Crippen LogP contribution in [0.1, 0.15) is 5.56 Å². The quantitative estimate of drug-likeness (QED) is 0.645. The molecule has 0 bridgehead atoms. The molecule has 0 aliphatic rings. The molecule has 6 heteroatoms. The van der Waals surface area contributed by atoms with Crippen molar-refractivity contribution < 1.29 is 19.4 Å². The molecule has 0 heterocycles. The van der Waals surface area contributed by atoms with Crippen LogP contribution in [0.3, 0.4) is 0 Å². The molecule has 0 aliphatic carbocycles. The average molecular weight is 252 g/mol. The maximum atomic E-state index is 11.5. The number of carbonyl (C=O) groups excluding carboxylic acids is 2. The maximum Gasteiger partial charge on any atom is 0.330 e. The molecule has 0 radical (unpaired) electrons. The van der Waals surface area contributed by atoms with Crippen LogP contribution in [-0.2, 0) is 16.1 Å². The zero-order valence-electron chi connectivity index (χ0n) is 10.1. The third-order valence-corrected chi connectivity index (χ3v) is 2.27. The third kappa shape index (κ3) is 4.42. The predicted molar refractivity (Wildman–Crippen MR) is 64.7 cm³/mol. The van der Waals surface area contributed by atoms with Crippen molar-refractivity contribution in [1.82, 2.24) is 10.6 Å². The molecular formula is C12H16N2O4. The summed E-state index contributed by atoms with van der Waals surface area (Å²) in [5.74, 6) is -0.688. The van der Waals surface area contributed by atoms with Crippen molar-refractivity contribution in [1.29, 1.82) is 0 Å². The lowest BCUT2D eigenvalue weighted by Gasteiger charge is -2.14. The number of aliphatic hydroxyl groups excluding tert-OH is 1. The van der Waals surface area contributed by atoms with Crippen LogP contribution in [0.15, 0.2) is 30.3 Å². The van der Waals surface area contributed by atoms with E-state index in [2.05, 4.69) is 15.4 Å². The van der Waals surface area contributed by atoms with Gasteiger partial charge in [0.2, 0.25) is 0 Å². The Morgan fingerprint density at radius 2 is 2.00 bits per heavy atom. The first kappa shape index (κ1) is 14.0. The summed E-state index contributed by atoms with van der Waals surface area (Å²) >= 11 is 0. The molecule has 6 nitrogen and oxygen atoms in total. The van der Waals surface area contributed by atoms with Crippen molar-refractivity contribution >= 4 is 12.0 Å². The van der Waals surface area contributed by atoms with E-state index < -0.39 is 24.6 Å². The average Bonchev–Trinajstić information content (AvgIpc) is 2.42. The summed E-state index contributed by atoms with van der Waals surface area (Å²) in [6.07, 6.45) is 0. The molecule has 0 saturated carbocycles. The topological polar surface area (TPSA) is 87.7 Å². The Hall–Kier alpha value is -2.08. The van der Waals surface area contributed by atoms with Gasteiger partial charge in [-0.15, -0.1) is 0 Å². The van der Waals surface area contributed by atoms with Gasteiger partial charge in [-0.2, -0.15) is 0 Å². The summed E-state index contributed by atoms with van der Waals surface area (Å²) in [7, 11) is 1.19. The van der Waals surface area contributed by atoms with Crippen molar-refractivity contribution in [2.45, 2.75) is 12.6 Å². The first-order chi connectivity index (χ1) is 8.67. The number of methoxy groups -OCH3 is 1. The Morgan fingerprint density at radius 1 is 1.33 bits per heavy atom. The fourth-order valence-electron chi connectivity index (χ4n) is 1.31. The summed E-state index contributed by atoms with van der Waals surface area (Å²) in [6.45, 7) is -0.169. The molecule has 0 saturated heterocycles. The molecule has 3 N–H and O–H groups in total. The first-order valence-electron chi connectivity index (χ1n) is 5.44. The van der Waals surface area contributed by atoms with Crippen LogP contribution in [0.2, 0.25) is 0 Å². The molecule has 1 aromatic carbocycles. The summed E-state index contributed by atoms with van der Waals surface area (Å²) in [5, 5.41) is 13.8. The second-order valence-electron chi connectivity index (χ2n) is 3.57. The van der Waals surface area contributed by atoms with Crippen LogP contribution in [0.4, 0.5) is 4.79 Å². The van der Waals surface area contributed by atoms with Gasteiger partial charge in [-0.05, 0) is 5.56 Å². The van der Waals surface area contributed by atoms with Crippen molar-refractivity contribution in [3.8, 4) is 0 Å². The van der Waals surface area contributed by atoms with Gasteiger partial charge < -0.3 is 20.5 Å². The number of hydrogen-bond donors (Lipinski definition) is 3. The lowest BCUT2D eigenvalue weighted by Crippen LogP contribution is -2.48. The number of urea groups is 1. The van der Waals surface area contributed by atoms with Gasteiger partial charge in [0.25, 0.3) is 0 Å². The second-order valence-corrected chi connectivity index (χ2v) is 3.57. The minimum atomic E-state index is -1.05. The van der Waals surface area contributed by atoms with Crippen molar-refractivity contribution in [2.24, 2.45) is 0 Å². The zero-order chi connectivity index (χ0) is 13.4. The number of esters is 1. The molecule has 2 amide bonds. The SMILES string of the molecule is COC(=O)[C@H](CO)NC(=O)NCc1ccccc1. The molecule has 98 valence electrons. The van der Waals surface area contributed by atoms with E-state index in [0.29, 0.717) is 6.54 Å². The molecule has 1 rings (SSSR count). The first-order valence-corrected chi connectivity index (χ1v) is 5.44. The molecule has 0 spiro atoms. The Kier molecular flexibility index (Phi) is 5.66. The largest absolute Gasteiger partial charge is 0.467 e. The van der Waals surface area contributed by atoms with Gasteiger partial charge in [-0.3, -0.25) is 0 Å². The van der Waals surface area contributed by atoms with E-state index in [0.717, 1.165) is 5.56 Å². The summed E-state index contributed by atoms with van der Waals surface area (Å²) in [6, 6.07) is 7.74. The highest BCUT2D eigenvalue weighted by Gasteiger charge is 2.19. The third-order valence-electron chi connectivity index (χ3n) is 2.27. The number of hydrogen-bond acceptors (Lipinski definition) is 4. The predicted octanol–water partition coefficient (Wildman–Crippen LogP) is 0.0197. The second kappa shape index (κ2) is 7.29. The highest BCUT2D eigenvalue weighted by atomic mass is 16.5. The maximum absolute atomic E-state index is 11.5. The summed E-state index contributed by atoms with van der Waals surface area (Å²) < 4.78 is 4.43. The molecular weight excluding hydrogens is 236 g/mol. The lowest BCUT2D eigenvalue weighted by atomic mass is 10.2. The Bertz CT molecular complexity index is 394. The fraction of sp³-hybridized carbons (Fsp3) is 0.333. The Labute approximate surface area is 105 Å². The van der Waals surface area contributed by atoms with E-state index in [-0.39, 0.29) is 0 Å². The van der Waals surface area contributed by atoms with Gasteiger partial charge in [-0.1, -0.05) is 30.3 Å². The zero-order valence-corrected chi connectivity index (χ0v) is 10.1. The van der Waals surface area contributed by atoms with E-state index in [1.165, 1.54) is 7.11 Å². The Morgan fingerprint density at radius 3 is 2.56 bits per heavy atom. The number of rotatable bonds is 5. The van der Waals surface area contributed by atoms with Gasteiger partial charge in [0, 0.05) is 6.54 Å². The van der Waals surface area contributed by atoms with E-state index in [1.807, 2.05) is 30.3 Å². The lowest BCUT2D eigenvalue weighted by molar-refractivity contribution is -0.143. The van der Waals surface area contributed by atoms with E-state index >= 15 is 0 Å². The molecule has 18 heavy (non-hydrogen) atoms. The van der Waals surface area contributed by atoms with E-state index in [9.17, 15) is 9.59 Å². The van der Waals surface area contributed by atoms with Gasteiger partial charge >= 0.3 is 12.0 Å². The molecule has 0 fully saturated rings. The highest BCUT2D eigenvalue weighted by molar-refractivity contribution is 5.83. The minimum Gasteiger partial charge on any atom is -0.467 e. The van der Waals surface area contributed by atoms with Gasteiger partial charge in [0.15, 0.2) is 6.04 Å². The molecule has 0 unspecified atom stereocenters. The highest BCUT2D eigenvalue weighted by Crippen LogP contribution is 1.97. The molecule has 0 aliphatic heterocycles. The molecule has 1 aromatic rings. The number of amides is 2. The number of benzene rings is 1. The Balaban J connectivity index is 2.39. The number of carbonyl (C=O) groups is 2. The van der Waals surface area contributed by atoms with Crippen LogP contribution in [0.25, 0.3) is 0 Å². The van der Waals surface area contributed by atoms with Crippen LogP contribution >= 0.6 is 0 Å². The van der Waals surface area contributed by atoms with Crippen molar-refractivity contribution in [2.75, 3.05) is 13.7 Å². The number of ether oxygens (including phenoxy) is 1. The van der Waals surface area contributed by atoms with Gasteiger partial charge in [-0.25, -0.2) is 9.59 Å². The standard InChI is InChI=1S/C12H16N2O4/c1-18-11(16)10(8-15)14-12(17)13-7-9-5-3-2-4-6-9/h2-6,10,15H,7-8H2,1H3,(H2,13,14,17)/t10-/m0/s1. The minimum absolute atomic E-state index is 0.339. The fourth-order valence-corrected chi connectivity index (χ4v) is 1.31. The van der Waals surface area contributed by atoms with Crippen molar-refractivity contribution in [3.05, 3.63) is 35.9 Å². The van der Waals surface area contributed by atoms with Gasteiger partial charge in [0.1, 0.15) is 0 Å². The molecule has 0 aromatic heterocycles. The normalized spacial score (nSPS) is 11.4. The van der Waals surface area contributed by atoms with Crippen LogP contribution in [0.5, 0.6) is 0 Å². The van der Waals surface area contributed by atoms with Crippen LogP contribution in [-0.4, -0.2) is 36.9 Å². The van der Waals surface area contributed by atoms with Crippen molar-refractivity contribution in [3.63, 3.8) is 0 Å². The van der Waals surface area contributed by atoms with Gasteiger partial charge in [0.05, 0.1) is 13.7 Å². The van der Waals surface area contributed by atoms with E-state index in [4.69, 9.17) is 5.11 Å². The van der Waals surface area contributed by atoms with Crippen LogP contribution in [0, 0.1) is 0 Å². The summed E-state index contributed by atoms with van der Waals surface area (Å²) in [4.78, 5) is 22.6. The summed E-state index contributed by atoms with van der Waals surface area (Å²) in [5.41, 5.74) is 0.936. The number of aliphatic hydroxyl groups is 1. The van der Waals surface area contributed by atoms with Crippen LogP contribution < -0.4 is 10.6 Å². The molecule has 1 atom stereocenters. The number of nitrogens with one attached hydrogen (secondary N) is 2. The smallest absolute Gasteiger partial charge is 0.330 e.